The smallest absolute Gasteiger partial charge is 0.277 e. The highest BCUT2D eigenvalue weighted by molar-refractivity contribution is 5.49. The van der Waals surface area contributed by atoms with Gasteiger partial charge in [0, 0.05) is 6.08 Å². The fraction of sp³-hybridized carbons (Fsp3) is 0.200. The SMILES string of the molecule is C=Cc1ccc(C(C)OCCOC(O)=Cc2ccccc2)cc1. The first kappa shape index (κ1) is 16.8. The second kappa shape index (κ2) is 8.81. The maximum atomic E-state index is 9.72. The summed E-state index contributed by atoms with van der Waals surface area (Å²) in [5.41, 5.74) is 3.07. The van der Waals surface area contributed by atoms with Gasteiger partial charge in [0.15, 0.2) is 0 Å². The first-order valence-electron chi connectivity index (χ1n) is 7.61. The van der Waals surface area contributed by atoms with Gasteiger partial charge in [0.25, 0.3) is 5.95 Å². The molecule has 1 unspecified atom stereocenters. The molecule has 0 aliphatic rings. The molecule has 0 aliphatic heterocycles. The fourth-order valence-corrected chi connectivity index (χ4v) is 2.10. The molecule has 1 atom stereocenters. The van der Waals surface area contributed by atoms with Crippen LogP contribution in [-0.2, 0) is 9.47 Å². The second-order valence-electron chi connectivity index (χ2n) is 5.13. The molecule has 0 saturated carbocycles. The molecule has 3 heteroatoms. The minimum Gasteiger partial charge on any atom is -0.481 e. The van der Waals surface area contributed by atoms with Gasteiger partial charge in [-0.2, -0.15) is 0 Å². The fourth-order valence-electron chi connectivity index (χ4n) is 2.10. The lowest BCUT2D eigenvalue weighted by atomic mass is 10.1. The number of ether oxygens (including phenoxy) is 2. The van der Waals surface area contributed by atoms with Crippen LogP contribution >= 0.6 is 0 Å². The van der Waals surface area contributed by atoms with Crippen molar-refractivity contribution in [3.8, 4) is 0 Å². The molecule has 2 rings (SSSR count). The summed E-state index contributed by atoms with van der Waals surface area (Å²) >= 11 is 0. The predicted molar refractivity (Wildman–Crippen MR) is 93.9 cm³/mol. The van der Waals surface area contributed by atoms with Gasteiger partial charge in [0.05, 0.1) is 12.7 Å². The molecule has 120 valence electrons. The third-order valence-electron chi connectivity index (χ3n) is 3.43. The van der Waals surface area contributed by atoms with Crippen molar-refractivity contribution in [1.29, 1.82) is 0 Å². The zero-order valence-corrected chi connectivity index (χ0v) is 13.3. The quantitative estimate of drug-likeness (QED) is 0.552. The van der Waals surface area contributed by atoms with Crippen LogP contribution in [0.2, 0.25) is 0 Å². The molecule has 3 nitrogen and oxygen atoms in total. The highest BCUT2D eigenvalue weighted by atomic mass is 16.6. The summed E-state index contributed by atoms with van der Waals surface area (Å²) < 4.78 is 11.0. The molecule has 2 aromatic carbocycles. The lowest BCUT2D eigenvalue weighted by Gasteiger charge is -2.14. The third-order valence-corrected chi connectivity index (χ3v) is 3.43. The maximum Gasteiger partial charge on any atom is 0.277 e. The van der Waals surface area contributed by atoms with Crippen LogP contribution in [0.5, 0.6) is 0 Å². The van der Waals surface area contributed by atoms with Crippen molar-refractivity contribution in [1.82, 2.24) is 0 Å². The minimum absolute atomic E-state index is 0.0299. The number of benzene rings is 2. The average Bonchev–Trinajstić information content (AvgIpc) is 2.59. The molecule has 0 saturated heterocycles. The maximum absolute atomic E-state index is 9.72. The standard InChI is InChI=1S/C20H22O3/c1-3-17-9-11-19(12-10-17)16(2)22-13-14-23-20(21)15-18-7-5-4-6-8-18/h3-12,15-16,21H,1,13-14H2,2H3. The van der Waals surface area contributed by atoms with E-state index in [1.807, 2.05) is 67.6 Å². The highest BCUT2D eigenvalue weighted by Gasteiger charge is 2.05. The number of hydrogen-bond acceptors (Lipinski definition) is 3. The van der Waals surface area contributed by atoms with Gasteiger partial charge in [-0.05, 0) is 23.6 Å². The molecule has 0 heterocycles. The second-order valence-corrected chi connectivity index (χ2v) is 5.13. The van der Waals surface area contributed by atoms with Crippen molar-refractivity contribution >= 4 is 12.2 Å². The first-order chi connectivity index (χ1) is 11.2. The van der Waals surface area contributed by atoms with E-state index >= 15 is 0 Å². The molecule has 0 amide bonds. The predicted octanol–water partition coefficient (Wildman–Crippen LogP) is 4.98. The topological polar surface area (TPSA) is 38.7 Å². The van der Waals surface area contributed by atoms with E-state index in [4.69, 9.17) is 9.47 Å². The van der Waals surface area contributed by atoms with E-state index in [2.05, 4.69) is 6.58 Å². The van der Waals surface area contributed by atoms with Gasteiger partial charge in [0.2, 0.25) is 0 Å². The molecule has 0 fully saturated rings. The van der Waals surface area contributed by atoms with E-state index in [1.165, 1.54) is 0 Å². The van der Waals surface area contributed by atoms with E-state index in [0.29, 0.717) is 13.2 Å². The van der Waals surface area contributed by atoms with E-state index in [0.717, 1.165) is 16.7 Å². The molecule has 0 radical (unpaired) electrons. The molecule has 0 aromatic heterocycles. The summed E-state index contributed by atoms with van der Waals surface area (Å²) in [5.74, 6) is -0.109. The molecule has 1 N–H and O–H groups in total. The van der Waals surface area contributed by atoms with E-state index in [-0.39, 0.29) is 12.0 Å². The molecule has 0 aliphatic carbocycles. The van der Waals surface area contributed by atoms with Crippen LogP contribution < -0.4 is 0 Å². The largest absolute Gasteiger partial charge is 0.481 e. The zero-order chi connectivity index (χ0) is 16.5. The van der Waals surface area contributed by atoms with Crippen molar-refractivity contribution in [3.05, 3.63) is 83.8 Å². The Morgan fingerprint density at radius 1 is 1.04 bits per heavy atom. The Balaban J connectivity index is 1.74. The Morgan fingerprint density at radius 3 is 2.39 bits per heavy atom. The van der Waals surface area contributed by atoms with Gasteiger partial charge in [-0.3, -0.25) is 0 Å². The Hall–Kier alpha value is -2.52. The summed E-state index contributed by atoms with van der Waals surface area (Å²) in [7, 11) is 0. The van der Waals surface area contributed by atoms with Crippen LogP contribution in [0.4, 0.5) is 0 Å². The number of aliphatic hydroxyl groups is 1. The molecule has 23 heavy (non-hydrogen) atoms. The number of rotatable bonds is 8. The van der Waals surface area contributed by atoms with Crippen molar-refractivity contribution in [2.45, 2.75) is 13.0 Å². The summed E-state index contributed by atoms with van der Waals surface area (Å²) in [6.45, 7) is 6.42. The molecular weight excluding hydrogens is 288 g/mol. The van der Waals surface area contributed by atoms with Crippen molar-refractivity contribution in [2.75, 3.05) is 13.2 Å². The van der Waals surface area contributed by atoms with Crippen molar-refractivity contribution in [3.63, 3.8) is 0 Å². The van der Waals surface area contributed by atoms with Crippen molar-refractivity contribution < 1.29 is 14.6 Å². The highest BCUT2D eigenvalue weighted by Crippen LogP contribution is 2.17. The third kappa shape index (κ3) is 5.64. The van der Waals surface area contributed by atoms with E-state index < -0.39 is 0 Å². The number of aliphatic hydroxyl groups excluding tert-OH is 1. The Bertz CT molecular complexity index is 630. The zero-order valence-electron chi connectivity index (χ0n) is 13.3. The molecule has 0 bridgehead atoms. The lowest BCUT2D eigenvalue weighted by molar-refractivity contribution is 0.00667. The molecular formula is C20H22O3. The lowest BCUT2D eigenvalue weighted by Crippen LogP contribution is -2.07. The van der Waals surface area contributed by atoms with Gasteiger partial charge in [-0.25, -0.2) is 0 Å². The normalized spacial score (nSPS) is 12.7. The van der Waals surface area contributed by atoms with Crippen LogP contribution in [0.15, 0.2) is 67.1 Å². The monoisotopic (exact) mass is 310 g/mol. The van der Waals surface area contributed by atoms with Gasteiger partial charge < -0.3 is 14.6 Å². The summed E-state index contributed by atoms with van der Waals surface area (Å²) in [6, 6.07) is 17.6. The Morgan fingerprint density at radius 2 is 1.74 bits per heavy atom. The van der Waals surface area contributed by atoms with Crippen LogP contribution in [0.25, 0.3) is 12.2 Å². The van der Waals surface area contributed by atoms with Gasteiger partial charge in [-0.1, -0.05) is 67.3 Å². The van der Waals surface area contributed by atoms with Crippen LogP contribution in [0, 0.1) is 0 Å². The van der Waals surface area contributed by atoms with E-state index in [9.17, 15) is 5.11 Å². The van der Waals surface area contributed by atoms with Crippen LogP contribution in [0.3, 0.4) is 0 Å². The Kier molecular flexibility index (Phi) is 6.45. The van der Waals surface area contributed by atoms with Crippen LogP contribution in [0.1, 0.15) is 29.7 Å². The van der Waals surface area contributed by atoms with Gasteiger partial charge in [-0.15, -0.1) is 0 Å². The summed E-state index contributed by atoms with van der Waals surface area (Å²) in [6.07, 6.45) is 3.36. The molecule has 0 spiro atoms. The summed E-state index contributed by atoms with van der Waals surface area (Å²) in [5, 5.41) is 9.72. The minimum atomic E-state index is -0.109. The first-order valence-corrected chi connectivity index (χ1v) is 7.61. The van der Waals surface area contributed by atoms with E-state index in [1.54, 1.807) is 6.08 Å². The van der Waals surface area contributed by atoms with Gasteiger partial charge in [0.1, 0.15) is 6.61 Å². The average molecular weight is 310 g/mol. The van der Waals surface area contributed by atoms with Gasteiger partial charge >= 0.3 is 0 Å². The van der Waals surface area contributed by atoms with Crippen LogP contribution in [-0.4, -0.2) is 18.3 Å². The Labute approximate surface area is 137 Å². The summed E-state index contributed by atoms with van der Waals surface area (Å²) in [4.78, 5) is 0. The number of hydrogen-bond donors (Lipinski definition) is 1. The molecule has 2 aromatic rings. The van der Waals surface area contributed by atoms with Crippen molar-refractivity contribution in [2.24, 2.45) is 0 Å².